The monoisotopic (exact) mass is 244 g/mol. The molecule has 0 aliphatic carbocycles. The van der Waals surface area contributed by atoms with Crippen molar-refractivity contribution in [2.45, 2.75) is 6.54 Å². The normalized spacial score (nSPS) is 10.1. The SMILES string of the molecule is CN(Cc1cccnc1)c1cc(C(=O)O)ncn1. The zero-order chi connectivity index (χ0) is 13.0. The molecule has 0 saturated carbocycles. The second-order valence-electron chi connectivity index (χ2n) is 3.78. The lowest BCUT2D eigenvalue weighted by Gasteiger charge is -2.17. The van der Waals surface area contributed by atoms with Crippen molar-refractivity contribution in [2.24, 2.45) is 0 Å². The van der Waals surface area contributed by atoms with Crippen molar-refractivity contribution in [3.8, 4) is 0 Å². The summed E-state index contributed by atoms with van der Waals surface area (Å²) in [5.41, 5.74) is 1.01. The topological polar surface area (TPSA) is 79.2 Å². The summed E-state index contributed by atoms with van der Waals surface area (Å²) in [6.45, 7) is 0.601. The zero-order valence-electron chi connectivity index (χ0n) is 9.82. The van der Waals surface area contributed by atoms with Crippen LogP contribution in [0.25, 0.3) is 0 Å². The van der Waals surface area contributed by atoms with E-state index < -0.39 is 5.97 Å². The van der Waals surface area contributed by atoms with Gasteiger partial charge < -0.3 is 10.0 Å². The van der Waals surface area contributed by atoms with Gasteiger partial charge in [0.1, 0.15) is 12.1 Å². The molecule has 0 aliphatic rings. The predicted octanol–water partition coefficient (Wildman–Crippen LogP) is 1.21. The van der Waals surface area contributed by atoms with Crippen molar-refractivity contribution in [3.63, 3.8) is 0 Å². The van der Waals surface area contributed by atoms with Crippen LogP contribution >= 0.6 is 0 Å². The Bertz CT molecular complexity index is 545. The molecular formula is C12H12N4O2. The van der Waals surface area contributed by atoms with Crippen molar-refractivity contribution >= 4 is 11.8 Å². The number of rotatable bonds is 4. The number of aromatic carboxylic acids is 1. The molecule has 0 radical (unpaired) electrons. The van der Waals surface area contributed by atoms with Gasteiger partial charge in [-0.2, -0.15) is 0 Å². The number of hydrogen-bond acceptors (Lipinski definition) is 5. The van der Waals surface area contributed by atoms with Gasteiger partial charge in [0.05, 0.1) is 0 Å². The van der Waals surface area contributed by atoms with E-state index in [-0.39, 0.29) is 5.69 Å². The maximum atomic E-state index is 10.8. The molecule has 1 N–H and O–H groups in total. The lowest BCUT2D eigenvalue weighted by Crippen LogP contribution is -2.18. The Morgan fingerprint density at radius 1 is 1.44 bits per heavy atom. The molecule has 2 heterocycles. The van der Waals surface area contributed by atoms with E-state index >= 15 is 0 Å². The summed E-state index contributed by atoms with van der Waals surface area (Å²) in [6.07, 6.45) is 4.71. The highest BCUT2D eigenvalue weighted by molar-refractivity contribution is 5.86. The zero-order valence-corrected chi connectivity index (χ0v) is 9.82. The van der Waals surface area contributed by atoms with E-state index in [2.05, 4.69) is 15.0 Å². The number of hydrogen-bond donors (Lipinski definition) is 1. The van der Waals surface area contributed by atoms with Crippen LogP contribution in [0.2, 0.25) is 0 Å². The second kappa shape index (κ2) is 5.22. The van der Waals surface area contributed by atoms with Gasteiger partial charge in [0.2, 0.25) is 0 Å². The lowest BCUT2D eigenvalue weighted by atomic mass is 10.2. The summed E-state index contributed by atoms with van der Waals surface area (Å²) in [6, 6.07) is 5.24. The van der Waals surface area contributed by atoms with Crippen LogP contribution in [-0.2, 0) is 6.54 Å². The van der Waals surface area contributed by atoms with Gasteiger partial charge in [-0.15, -0.1) is 0 Å². The van der Waals surface area contributed by atoms with E-state index in [4.69, 9.17) is 5.11 Å². The van der Waals surface area contributed by atoms with E-state index in [0.29, 0.717) is 12.4 Å². The summed E-state index contributed by atoms with van der Waals surface area (Å²) < 4.78 is 0. The molecule has 2 rings (SSSR count). The third kappa shape index (κ3) is 2.79. The molecule has 92 valence electrons. The average Bonchev–Trinajstić information content (AvgIpc) is 2.40. The largest absolute Gasteiger partial charge is 0.477 e. The van der Waals surface area contributed by atoms with Gasteiger partial charge in [0, 0.05) is 32.1 Å². The molecule has 2 aromatic rings. The van der Waals surface area contributed by atoms with E-state index in [1.165, 1.54) is 12.4 Å². The first kappa shape index (κ1) is 12.0. The minimum atomic E-state index is -1.06. The Kier molecular flexibility index (Phi) is 3.47. The van der Waals surface area contributed by atoms with Crippen LogP contribution in [0.5, 0.6) is 0 Å². The molecule has 0 atom stereocenters. The van der Waals surface area contributed by atoms with Crippen LogP contribution in [-0.4, -0.2) is 33.1 Å². The molecule has 6 nitrogen and oxygen atoms in total. The Labute approximate surface area is 104 Å². The highest BCUT2D eigenvalue weighted by Crippen LogP contribution is 2.12. The van der Waals surface area contributed by atoms with Crippen molar-refractivity contribution in [1.82, 2.24) is 15.0 Å². The summed E-state index contributed by atoms with van der Waals surface area (Å²) in [7, 11) is 1.83. The molecule has 2 aromatic heterocycles. The van der Waals surface area contributed by atoms with E-state index in [0.717, 1.165) is 5.56 Å². The van der Waals surface area contributed by atoms with Crippen LogP contribution in [0.15, 0.2) is 36.9 Å². The molecule has 0 spiro atoms. The number of carbonyl (C=O) groups is 1. The second-order valence-corrected chi connectivity index (χ2v) is 3.78. The molecule has 0 saturated heterocycles. The highest BCUT2D eigenvalue weighted by Gasteiger charge is 2.09. The van der Waals surface area contributed by atoms with Gasteiger partial charge in [0.15, 0.2) is 5.69 Å². The molecule has 0 aromatic carbocycles. The molecule has 6 heteroatoms. The first-order valence-electron chi connectivity index (χ1n) is 5.32. The van der Waals surface area contributed by atoms with Crippen LogP contribution in [0, 0.1) is 0 Å². The van der Waals surface area contributed by atoms with Gasteiger partial charge in [-0.1, -0.05) is 6.07 Å². The number of aromatic nitrogens is 3. The van der Waals surface area contributed by atoms with E-state index in [9.17, 15) is 4.79 Å². The Hall–Kier alpha value is -2.50. The van der Waals surface area contributed by atoms with Crippen LogP contribution in [0.1, 0.15) is 16.1 Å². The number of carboxylic acids is 1. The van der Waals surface area contributed by atoms with E-state index in [1.807, 2.05) is 24.1 Å². The van der Waals surface area contributed by atoms with Crippen molar-refractivity contribution in [2.75, 3.05) is 11.9 Å². The fourth-order valence-electron chi connectivity index (χ4n) is 1.52. The number of carboxylic acid groups (broad SMARTS) is 1. The lowest BCUT2D eigenvalue weighted by molar-refractivity contribution is 0.0690. The highest BCUT2D eigenvalue weighted by atomic mass is 16.4. The number of anilines is 1. The minimum Gasteiger partial charge on any atom is -0.477 e. The molecule has 0 fully saturated rings. The standard InChI is InChI=1S/C12H12N4O2/c1-16(7-9-3-2-4-13-6-9)11-5-10(12(17)18)14-8-15-11/h2-6,8H,7H2,1H3,(H,17,18). The van der Waals surface area contributed by atoms with Gasteiger partial charge >= 0.3 is 5.97 Å². The fourth-order valence-corrected chi connectivity index (χ4v) is 1.52. The summed E-state index contributed by atoms with van der Waals surface area (Å²) in [4.78, 5) is 24.4. The minimum absolute atomic E-state index is 0.0157. The molecule has 0 bridgehead atoms. The maximum absolute atomic E-state index is 10.8. The van der Waals surface area contributed by atoms with Crippen LogP contribution < -0.4 is 4.90 Å². The van der Waals surface area contributed by atoms with E-state index in [1.54, 1.807) is 12.4 Å². The first-order valence-corrected chi connectivity index (χ1v) is 5.32. The predicted molar refractivity (Wildman–Crippen MR) is 65.3 cm³/mol. The van der Waals surface area contributed by atoms with Crippen molar-refractivity contribution in [1.29, 1.82) is 0 Å². The Morgan fingerprint density at radius 3 is 2.94 bits per heavy atom. The summed E-state index contributed by atoms with van der Waals surface area (Å²) in [5, 5.41) is 8.86. The molecular weight excluding hydrogens is 232 g/mol. The van der Waals surface area contributed by atoms with Gasteiger partial charge in [-0.25, -0.2) is 14.8 Å². The third-order valence-electron chi connectivity index (χ3n) is 2.41. The molecule has 0 unspecified atom stereocenters. The van der Waals surface area contributed by atoms with Gasteiger partial charge in [0.25, 0.3) is 0 Å². The maximum Gasteiger partial charge on any atom is 0.354 e. The molecule has 18 heavy (non-hydrogen) atoms. The summed E-state index contributed by atoms with van der Waals surface area (Å²) >= 11 is 0. The van der Waals surface area contributed by atoms with Crippen LogP contribution in [0.4, 0.5) is 5.82 Å². The third-order valence-corrected chi connectivity index (χ3v) is 2.41. The smallest absolute Gasteiger partial charge is 0.354 e. The van der Waals surface area contributed by atoms with Gasteiger partial charge in [-0.05, 0) is 11.6 Å². The molecule has 0 amide bonds. The number of pyridine rings is 1. The Balaban J connectivity index is 2.16. The number of nitrogens with zero attached hydrogens (tertiary/aromatic N) is 4. The summed E-state index contributed by atoms with van der Waals surface area (Å²) in [5.74, 6) is -0.500. The Morgan fingerprint density at radius 2 is 2.28 bits per heavy atom. The van der Waals surface area contributed by atoms with Crippen LogP contribution in [0.3, 0.4) is 0 Å². The van der Waals surface area contributed by atoms with Crippen molar-refractivity contribution < 1.29 is 9.90 Å². The van der Waals surface area contributed by atoms with Crippen molar-refractivity contribution in [3.05, 3.63) is 48.2 Å². The quantitative estimate of drug-likeness (QED) is 0.870. The first-order chi connectivity index (χ1) is 8.66. The van der Waals surface area contributed by atoms with Gasteiger partial charge in [-0.3, -0.25) is 4.98 Å². The average molecular weight is 244 g/mol. The molecule has 0 aliphatic heterocycles. The fraction of sp³-hybridized carbons (Fsp3) is 0.167.